The molecule has 22 heavy (non-hydrogen) atoms. The van der Waals surface area contributed by atoms with Crippen molar-refractivity contribution in [2.24, 2.45) is 5.92 Å². The zero-order valence-electron chi connectivity index (χ0n) is 12.3. The number of nitrogens with one attached hydrogen (secondary N) is 2. The molecule has 3 nitrogen and oxygen atoms in total. The molecule has 0 aromatic heterocycles. The van der Waals surface area contributed by atoms with Crippen molar-refractivity contribution in [1.29, 1.82) is 0 Å². The number of carbonyl (C=O) groups is 1. The number of hydrogen-bond acceptors (Lipinski definition) is 2. The summed E-state index contributed by atoms with van der Waals surface area (Å²) in [4.78, 5) is 12.1. The van der Waals surface area contributed by atoms with E-state index in [9.17, 15) is 9.18 Å². The summed E-state index contributed by atoms with van der Waals surface area (Å²) in [5, 5.41) is 6.22. The first-order chi connectivity index (χ1) is 10.7. The minimum Gasteiger partial charge on any atom is -0.322 e. The molecule has 0 unspecified atom stereocenters. The van der Waals surface area contributed by atoms with E-state index in [1.807, 2.05) is 24.3 Å². The minimum absolute atomic E-state index is 0.303. The van der Waals surface area contributed by atoms with Gasteiger partial charge >= 0.3 is 0 Å². The van der Waals surface area contributed by atoms with Crippen molar-refractivity contribution in [3.63, 3.8) is 0 Å². The Morgan fingerprint density at radius 2 is 1.95 bits per heavy atom. The van der Waals surface area contributed by atoms with Gasteiger partial charge in [0, 0.05) is 17.8 Å². The summed E-state index contributed by atoms with van der Waals surface area (Å²) in [7, 11) is 0. The Morgan fingerprint density at radius 1 is 1.14 bits per heavy atom. The van der Waals surface area contributed by atoms with Crippen LogP contribution in [0.4, 0.5) is 10.1 Å². The summed E-state index contributed by atoms with van der Waals surface area (Å²) in [5.74, 6) is 0.129. The minimum atomic E-state index is -0.411. The molecule has 2 aromatic carbocycles. The van der Waals surface area contributed by atoms with Crippen molar-refractivity contribution in [1.82, 2.24) is 5.32 Å². The Bertz CT molecular complexity index is 668. The fourth-order valence-corrected chi connectivity index (χ4v) is 2.33. The van der Waals surface area contributed by atoms with Crippen molar-refractivity contribution in [3.8, 4) is 0 Å². The van der Waals surface area contributed by atoms with Crippen LogP contribution in [0.3, 0.4) is 0 Å². The molecule has 0 spiro atoms. The van der Waals surface area contributed by atoms with E-state index in [4.69, 9.17) is 0 Å². The lowest BCUT2D eigenvalue weighted by molar-refractivity contribution is 0.102. The summed E-state index contributed by atoms with van der Waals surface area (Å²) in [6, 6.07) is 13.4. The van der Waals surface area contributed by atoms with Crippen LogP contribution in [0.5, 0.6) is 0 Å². The Kier molecular flexibility index (Phi) is 4.49. The zero-order chi connectivity index (χ0) is 15.4. The van der Waals surface area contributed by atoms with Gasteiger partial charge in [0.25, 0.3) is 5.91 Å². The van der Waals surface area contributed by atoms with Crippen molar-refractivity contribution < 1.29 is 9.18 Å². The number of amides is 1. The van der Waals surface area contributed by atoms with E-state index in [-0.39, 0.29) is 5.91 Å². The van der Waals surface area contributed by atoms with Gasteiger partial charge in [-0.25, -0.2) is 4.39 Å². The topological polar surface area (TPSA) is 41.1 Å². The van der Waals surface area contributed by atoms with Gasteiger partial charge in [0.05, 0.1) is 0 Å². The molecular formula is C18H19FN2O. The highest BCUT2D eigenvalue weighted by atomic mass is 19.1. The average Bonchev–Trinajstić information content (AvgIpc) is 3.32. The lowest BCUT2D eigenvalue weighted by Crippen LogP contribution is -2.16. The monoisotopic (exact) mass is 298 g/mol. The molecule has 0 aliphatic heterocycles. The maximum Gasteiger partial charge on any atom is 0.255 e. The fourth-order valence-electron chi connectivity index (χ4n) is 2.33. The third-order valence-corrected chi connectivity index (χ3v) is 3.73. The van der Waals surface area contributed by atoms with Crippen molar-refractivity contribution >= 4 is 11.6 Å². The predicted octanol–water partition coefficient (Wildman–Crippen LogP) is 3.58. The van der Waals surface area contributed by atoms with E-state index in [1.54, 1.807) is 6.07 Å². The highest BCUT2D eigenvalue weighted by molar-refractivity contribution is 6.04. The molecule has 0 atom stereocenters. The van der Waals surface area contributed by atoms with Gasteiger partial charge in [0.1, 0.15) is 5.82 Å². The zero-order valence-corrected chi connectivity index (χ0v) is 12.3. The number of hydrogen-bond donors (Lipinski definition) is 2. The summed E-state index contributed by atoms with van der Waals surface area (Å²) >= 11 is 0. The van der Waals surface area contributed by atoms with Crippen LogP contribution in [-0.4, -0.2) is 12.5 Å². The second kappa shape index (κ2) is 6.71. The van der Waals surface area contributed by atoms with Crippen molar-refractivity contribution in [2.75, 3.05) is 11.9 Å². The molecule has 0 radical (unpaired) electrons. The summed E-state index contributed by atoms with van der Waals surface area (Å²) < 4.78 is 13.2. The molecule has 0 heterocycles. The highest BCUT2D eigenvalue weighted by Gasteiger charge is 2.20. The van der Waals surface area contributed by atoms with Gasteiger partial charge in [-0.05, 0) is 61.2 Å². The number of carbonyl (C=O) groups excluding carboxylic acids is 1. The van der Waals surface area contributed by atoms with Crippen molar-refractivity contribution in [3.05, 3.63) is 65.5 Å². The second-order valence-electron chi connectivity index (χ2n) is 5.74. The van der Waals surface area contributed by atoms with Crippen LogP contribution in [0.25, 0.3) is 0 Å². The molecule has 2 aromatic rings. The lowest BCUT2D eigenvalue weighted by atomic mass is 10.1. The third-order valence-electron chi connectivity index (χ3n) is 3.73. The normalized spacial score (nSPS) is 13.9. The number of benzene rings is 2. The first-order valence-electron chi connectivity index (χ1n) is 7.57. The summed E-state index contributed by atoms with van der Waals surface area (Å²) in [5.41, 5.74) is 2.16. The van der Waals surface area contributed by atoms with Gasteiger partial charge in [-0.1, -0.05) is 18.2 Å². The second-order valence-corrected chi connectivity index (χ2v) is 5.74. The van der Waals surface area contributed by atoms with Gasteiger partial charge < -0.3 is 10.6 Å². The standard InChI is InChI=1S/C18H19FN2O/c19-16-5-2-4-15(10-16)18(22)21-17-6-1-3-14(9-17)12-20-11-13-7-8-13/h1-6,9-10,13,20H,7-8,11-12H2,(H,21,22). The molecule has 3 rings (SSSR count). The van der Waals surface area contributed by atoms with Crippen LogP contribution in [0.1, 0.15) is 28.8 Å². The van der Waals surface area contributed by atoms with Gasteiger partial charge in [-0.2, -0.15) is 0 Å². The summed E-state index contributed by atoms with van der Waals surface area (Å²) in [6.07, 6.45) is 2.66. The number of rotatable bonds is 6. The molecule has 114 valence electrons. The number of anilines is 1. The lowest BCUT2D eigenvalue weighted by Gasteiger charge is -2.08. The van der Waals surface area contributed by atoms with Crippen LogP contribution in [0.15, 0.2) is 48.5 Å². The van der Waals surface area contributed by atoms with E-state index in [2.05, 4.69) is 10.6 Å². The number of halogens is 1. The molecule has 1 amide bonds. The molecule has 1 aliphatic rings. The molecular weight excluding hydrogens is 279 g/mol. The Hall–Kier alpha value is -2.20. The SMILES string of the molecule is O=C(Nc1cccc(CNCC2CC2)c1)c1cccc(F)c1. The molecule has 2 N–H and O–H groups in total. The van der Waals surface area contributed by atoms with Crippen LogP contribution < -0.4 is 10.6 Å². The molecule has 1 aliphatic carbocycles. The first kappa shape index (κ1) is 14.7. The van der Waals surface area contributed by atoms with Gasteiger partial charge in [-0.15, -0.1) is 0 Å². The van der Waals surface area contributed by atoms with E-state index < -0.39 is 5.82 Å². The van der Waals surface area contributed by atoms with Gasteiger partial charge in [0.15, 0.2) is 0 Å². The first-order valence-corrected chi connectivity index (χ1v) is 7.57. The molecule has 0 saturated heterocycles. The van der Waals surface area contributed by atoms with E-state index in [1.165, 1.54) is 31.0 Å². The predicted molar refractivity (Wildman–Crippen MR) is 85.2 cm³/mol. The largest absolute Gasteiger partial charge is 0.322 e. The van der Waals surface area contributed by atoms with E-state index >= 15 is 0 Å². The van der Waals surface area contributed by atoms with Crippen LogP contribution in [0, 0.1) is 11.7 Å². The average molecular weight is 298 g/mol. The van der Waals surface area contributed by atoms with Gasteiger partial charge in [-0.3, -0.25) is 4.79 Å². The summed E-state index contributed by atoms with van der Waals surface area (Å²) in [6.45, 7) is 1.85. The van der Waals surface area contributed by atoms with E-state index in [0.29, 0.717) is 5.56 Å². The molecule has 0 bridgehead atoms. The van der Waals surface area contributed by atoms with Crippen LogP contribution in [0.2, 0.25) is 0 Å². The molecule has 4 heteroatoms. The van der Waals surface area contributed by atoms with E-state index in [0.717, 1.165) is 30.3 Å². The van der Waals surface area contributed by atoms with Crippen molar-refractivity contribution in [2.45, 2.75) is 19.4 Å². The molecule has 1 fully saturated rings. The Balaban J connectivity index is 1.60. The van der Waals surface area contributed by atoms with Crippen LogP contribution >= 0.6 is 0 Å². The van der Waals surface area contributed by atoms with Gasteiger partial charge in [0.2, 0.25) is 0 Å². The van der Waals surface area contributed by atoms with Crippen LogP contribution in [-0.2, 0) is 6.54 Å². The third kappa shape index (κ3) is 4.15. The Labute approximate surface area is 129 Å². The quantitative estimate of drug-likeness (QED) is 0.856. The maximum atomic E-state index is 13.2. The fraction of sp³-hybridized carbons (Fsp3) is 0.278. The maximum absolute atomic E-state index is 13.2. The highest BCUT2D eigenvalue weighted by Crippen LogP contribution is 2.27. The Morgan fingerprint density at radius 3 is 2.73 bits per heavy atom. The smallest absolute Gasteiger partial charge is 0.255 e. The molecule has 1 saturated carbocycles.